The van der Waals surface area contributed by atoms with Crippen molar-refractivity contribution in [3.63, 3.8) is 0 Å². The molecule has 0 spiro atoms. The predicted molar refractivity (Wildman–Crippen MR) is 93.8 cm³/mol. The van der Waals surface area contributed by atoms with Crippen LogP contribution in [0.3, 0.4) is 0 Å². The van der Waals surface area contributed by atoms with Crippen molar-refractivity contribution in [3.05, 3.63) is 59.3 Å². The molecule has 5 heteroatoms. The van der Waals surface area contributed by atoms with Crippen molar-refractivity contribution >= 4 is 21.8 Å². The van der Waals surface area contributed by atoms with E-state index in [0.717, 1.165) is 34.1 Å². The summed E-state index contributed by atoms with van der Waals surface area (Å²) in [6.45, 7) is 0.788. The second kappa shape index (κ2) is 5.03. The largest absolute Gasteiger partial charge is 0.307 e. The van der Waals surface area contributed by atoms with Crippen LogP contribution in [0.1, 0.15) is 12.8 Å². The monoisotopic (exact) mass is 316 g/mol. The first-order chi connectivity index (χ1) is 11.8. The third-order valence-corrected chi connectivity index (χ3v) is 4.82. The minimum absolute atomic E-state index is 0.0463. The molecule has 4 aromatic rings. The van der Waals surface area contributed by atoms with Crippen LogP contribution in [0.15, 0.2) is 53.7 Å². The van der Waals surface area contributed by atoms with Gasteiger partial charge in [0.25, 0.3) is 5.56 Å². The van der Waals surface area contributed by atoms with Gasteiger partial charge >= 0.3 is 0 Å². The molecule has 0 aliphatic heterocycles. The highest BCUT2D eigenvalue weighted by molar-refractivity contribution is 6.04. The van der Waals surface area contributed by atoms with E-state index in [-0.39, 0.29) is 5.56 Å². The molecule has 0 atom stereocenters. The number of H-pyrrole nitrogens is 1. The molecule has 0 saturated heterocycles. The summed E-state index contributed by atoms with van der Waals surface area (Å²) in [5.41, 5.74) is 4.03. The molecule has 1 fully saturated rings. The van der Waals surface area contributed by atoms with Crippen molar-refractivity contribution in [2.24, 2.45) is 5.92 Å². The van der Waals surface area contributed by atoms with Crippen molar-refractivity contribution in [3.8, 4) is 11.1 Å². The van der Waals surface area contributed by atoms with Gasteiger partial charge in [0.1, 0.15) is 0 Å². The Hall–Kier alpha value is -2.95. The SMILES string of the molecule is O=c1c2cn[nH]c2c2ccc(-c3ccncc3)cc2n1CC1CC1. The molecule has 118 valence electrons. The van der Waals surface area contributed by atoms with E-state index in [4.69, 9.17) is 0 Å². The molecule has 3 heterocycles. The van der Waals surface area contributed by atoms with Crippen molar-refractivity contribution in [1.29, 1.82) is 0 Å². The number of fused-ring (bicyclic) bond motifs is 3. The topological polar surface area (TPSA) is 63.6 Å². The van der Waals surface area contributed by atoms with E-state index < -0.39 is 0 Å². The number of benzene rings is 1. The van der Waals surface area contributed by atoms with Crippen LogP contribution in [-0.4, -0.2) is 19.7 Å². The molecule has 1 aliphatic rings. The Labute approximate surface area is 138 Å². The molecule has 1 aromatic carbocycles. The first kappa shape index (κ1) is 13.5. The third kappa shape index (κ3) is 2.05. The van der Waals surface area contributed by atoms with Crippen molar-refractivity contribution in [2.75, 3.05) is 0 Å². The maximum absolute atomic E-state index is 12.9. The van der Waals surface area contributed by atoms with Gasteiger partial charge in [0.15, 0.2) is 0 Å². The molecular formula is C19H16N4O. The second-order valence-electron chi connectivity index (χ2n) is 6.49. The lowest BCUT2D eigenvalue weighted by atomic mass is 10.0. The van der Waals surface area contributed by atoms with Gasteiger partial charge in [-0.2, -0.15) is 5.10 Å². The minimum Gasteiger partial charge on any atom is -0.307 e. The average molecular weight is 316 g/mol. The fourth-order valence-electron chi connectivity index (χ4n) is 3.34. The van der Waals surface area contributed by atoms with Gasteiger partial charge in [-0.05, 0) is 48.1 Å². The summed E-state index contributed by atoms with van der Waals surface area (Å²) >= 11 is 0. The lowest BCUT2D eigenvalue weighted by Gasteiger charge is -2.12. The maximum Gasteiger partial charge on any atom is 0.262 e. The average Bonchev–Trinajstić information content (AvgIpc) is 3.31. The van der Waals surface area contributed by atoms with E-state index in [1.165, 1.54) is 12.8 Å². The molecule has 1 aliphatic carbocycles. The highest BCUT2D eigenvalue weighted by atomic mass is 16.1. The van der Waals surface area contributed by atoms with E-state index in [1.54, 1.807) is 18.6 Å². The van der Waals surface area contributed by atoms with Crippen molar-refractivity contribution in [1.82, 2.24) is 19.7 Å². The lowest BCUT2D eigenvalue weighted by Crippen LogP contribution is -2.21. The standard InChI is InChI=1S/C19H16N4O/c24-19-16-10-21-22-18(16)15-4-3-14(13-5-7-20-8-6-13)9-17(15)23(19)11-12-1-2-12/h3-10,12H,1-2,11H2,(H,21,22). The van der Waals surface area contributed by atoms with E-state index in [1.807, 2.05) is 16.7 Å². The van der Waals surface area contributed by atoms with Crippen molar-refractivity contribution in [2.45, 2.75) is 19.4 Å². The van der Waals surface area contributed by atoms with E-state index in [2.05, 4.69) is 33.4 Å². The summed E-state index contributed by atoms with van der Waals surface area (Å²) in [6.07, 6.45) is 7.63. The van der Waals surface area contributed by atoms with Crippen LogP contribution >= 0.6 is 0 Å². The maximum atomic E-state index is 12.9. The van der Waals surface area contributed by atoms with Crippen molar-refractivity contribution < 1.29 is 0 Å². The summed E-state index contributed by atoms with van der Waals surface area (Å²) in [5.74, 6) is 0.625. The number of nitrogens with zero attached hydrogens (tertiary/aromatic N) is 3. The zero-order valence-corrected chi connectivity index (χ0v) is 13.1. The number of hydrogen-bond donors (Lipinski definition) is 1. The smallest absolute Gasteiger partial charge is 0.262 e. The molecule has 0 amide bonds. The summed E-state index contributed by atoms with van der Waals surface area (Å²) in [5, 5.41) is 8.78. The Bertz CT molecular complexity index is 1110. The summed E-state index contributed by atoms with van der Waals surface area (Å²) in [4.78, 5) is 17.0. The number of hydrogen-bond acceptors (Lipinski definition) is 3. The van der Waals surface area contributed by atoms with Gasteiger partial charge < -0.3 is 4.57 Å². The van der Waals surface area contributed by atoms with Crippen LogP contribution in [-0.2, 0) is 6.54 Å². The molecule has 0 bridgehead atoms. The van der Waals surface area contributed by atoms with Crippen LogP contribution in [0, 0.1) is 5.92 Å². The summed E-state index contributed by atoms with van der Waals surface area (Å²) < 4.78 is 1.93. The summed E-state index contributed by atoms with van der Waals surface area (Å²) in [7, 11) is 0. The van der Waals surface area contributed by atoms with Crippen LogP contribution < -0.4 is 5.56 Å². The Morgan fingerprint density at radius 2 is 1.92 bits per heavy atom. The number of aromatic nitrogens is 4. The molecule has 0 unspecified atom stereocenters. The van der Waals surface area contributed by atoms with Crippen LogP contribution in [0.4, 0.5) is 0 Å². The van der Waals surface area contributed by atoms with Crippen LogP contribution in [0.2, 0.25) is 0 Å². The zero-order valence-electron chi connectivity index (χ0n) is 13.1. The number of pyridine rings is 2. The van der Waals surface area contributed by atoms with Gasteiger partial charge in [-0.25, -0.2) is 0 Å². The Kier molecular flexibility index (Phi) is 2.82. The number of aromatic amines is 1. The molecular weight excluding hydrogens is 300 g/mol. The first-order valence-electron chi connectivity index (χ1n) is 8.21. The molecule has 1 N–H and O–H groups in total. The predicted octanol–water partition coefficient (Wildman–Crippen LogP) is 3.35. The molecule has 5 rings (SSSR count). The summed E-state index contributed by atoms with van der Waals surface area (Å²) in [6, 6.07) is 10.2. The fraction of sp³-hybridized carbons (Fsp3) is 0.211. The highest BCUT2D eigenvalue weighted by Gasteiger charge is 2.24. The third-order valence-electron chi connectivity index (χ3n) is 4.82. The molecule has 24 heavy (non-hydrogen) atoms. The van der Waals surface area contributed by atoms with Gasteiger partial charge in [-0.1, -0.05) is 12.1 Å². The van der Waals surface area contributed by atoms with Crippen LogP contribution in [0.5, 0.6) is 0 Å². The van der Waals surface area contributed by atoms with E-state index in [0.29, 0.717) is 11.3 Å². The highest BCUT2D eigenvalue weighted by Crippen LogP contribution is 2.33. The number of nitrogens with one attached hydrogen (secondary N) is 1. The van der Waals surface area contributed by atoms with Gasteiger partial charge in [-0.15, -0.1) is 0 Å². The second-order valence-corrected chi connectivity index (χ2v) is 6.49. The molecule has 5 nitrogen and oxygen atoms in total. The van der Waals surface area contributed by atoms with Crippen LogP contribution in [0.25, 0.3) is 32.9 Å². The quantitative estimate of drug-likeness (QED) is 0.630. The number of rotatable bonds is 3. The first-order valence-corrected chi connectivity index (χ1v) is 8.21. The normalized spacial score (nSPS) is 14.5. The van der Waals surface area contributed by atoms with Gasteiger partial charge in [0.05, 0.1) is 22.6 Å². The Morgan fingerprint density at radius 3 is 2.71 bits per heavy atom. The molecule has 3 aromatic heterocycles. The zero-order chi connectivity index (χ0) is 16.1. The minimum atomic E-state index is 0.0463. The van der Waals surface area contributed by atoms with Gasteiger partial charge in [-0.3, -0.25) is 14.9 Å². The fourth-order valence-corrected chi connectivity index (χ4v) is 3.34. The van der Waals surface area contributed by atoms with Gasteiger partial charge in [0.2, 0.25) is 0 Å². The van der Waals surface area contributed by atoms with E-state index >= 15 is 0 Å². The molecule has 1 saturated carbocycles. The Balaban J connectivity index is 1.83. The Morgan fingerprint density at radius 1 is 1.08 bits per heavy atom. The molecule has 0 radical (unpaired) electrons. The lowest BCUT2D eigenvalue weighted by molar-refractivity contribution is 0.630. The van der Waals surface area contributed by atoms with E-state index in [9.17, 15) is 4.79 Å². The van der Waals surface area contributed by atoms with Gasteiger partial charge in [0, 0.05) is 24.3 Å².